The second-order valence-corrected chi connectivity index (χ2v) is 6.03. The van der Waals surface area contributed by atoms with Gasteiger partial charge in [0.2, 0.25) is 0 Å². The lowest BCUT2D eigenvalue weighted by molar-refractivity contribution is 0.414. The van der Waals surface area contributed by atoms with E-state index in [9.17, 15) is 0 Å². The Kier molecular flexibility index (Phi) is 5.73. The topological polar surface area (TPSA) is 63.5 Å². The maximum Gasteiger partial charge on any atom is 0.191 e. The third-order valence-electron chi connectivity index (χ3n) is 4.38. The molecule has 0 atom stereocenters. The minimum absolute atomic E-state index is 0.618. The van der Waals surface area contributed by atoms with Crippen molar-refractivity contribution >= 4 is 17.0 Å². The number of guanidine groups is 1. The van der Waals surface area contributed by atoms with E-state index in [1.54, 1.807) is 14.2 Å². The summed E-state index contributed by atoms with van der Waals surface area (Å²) in [4.78, 5) is 8.95. The van der Waals surface area contributed by atoms with Crippen molar-refractivity contribution in [2.45, 2.75) is 13.0 Å². The Hall–Kier alpha value is -3.02. The zero-order chi connectivity index (χ0) is 18.4. The first-order valence-electron chi connectivity index (χ1n) is 8.69. The second-order valence-electron chi connectivity index (χ2n) is 6.03. The Bertz CT molecular complexity index is 883. The average molecular weight is 351 g/mol. The molecule has 0 fully saturated rings. The molecule has 0 aliphatic carbocycles. The number of hydrogen-bond acceptors (Lipinski definition) is 3. The number of fused-ring (bicyclic) bond motifs is 1. The van der Waals surface area contributed by atoms with Gasteiger partial charge in [0, 0.05) is 20.6 Å². The van der Waals surface area contributed by atoms with Gasteiger partial charge < -0.3 is 19.9 Å². The van der Waals surface area contributed by atoms with Crippen LogP contribution in [0.3, 0.4) is 0 Å². The number of nitrogens with zero attached hydrogens (tertiary/aromatic N) is 3. The van der Waals surface area contributed by atoms with E-state index in [4.69, 9.17) is 4.74 Å². The minimum atomic E-state index is 0.618. The SMILES string of the molecule is CN=C(NCCc1ccc(OC)cc1)NCc1nc2ccccc2n1C. The van der Waals surface area contributed by atoms with Crippen LogP contribution in [0.5, 0.6) is 5.75 Å². The molecule has 1 heterocycles. The smallest absolute Gasteiger partial charge is 0.191 e. The Morgan fingerprint density at radius 3 is 2.58 bits per heavy atom. The van der Waals surface area contributed by atoms with Crippen LogP contribution in [0.1, 0.15) is 11.4 Å². The van der Waals surface area contributed by atoms with Crippen molar-refractivity contribution < 1.29 is 4.74 Å². The molecule has 6 nitrogen and oxygen atoms in total. The lowest BCUT2D eigenvalue weighted by Crippen LogP contribution is -2.38. The van der Waals surface area contributed by atoms with Crippen molar-refractivity contribution in [3.63, 3.8) is 0 Å². The van der Waals surface area contributed by atoms with Crippen LogP contribution in [0.15, 0.2) is 53.5 Å². The largest absolute Gasteiger partial charge is 0.497 e. The second kappa shape index (κ2) is 8.38. The maximum atomic E-state index is 5.18. The summed E-state index contributed by atoms with van der Waals surface area (Å²) in [6.45, 7) is 1.42. The van der Waals surface area contributed by atoms with E-state index in [1.807, 2.05) is 37.4 Å². The van der Waals surface area contributed by atoms with E-state index in [2.05, 4.69) is 43.4 Å². The van der Waals surface area contributed by atoms with Crippen molar-refractivity contribution in [3.8, 4) is 5.75 Å². The Balaban J connectivity index is 1.51. The summed E-state index contributed by atoms with van der Waals surface area (Å²) in [5.74, 6) is 2.62. The van der Waals surface area contributed by atoms with E-state index in [-0.39, 0.29) is 0 Å². The van der Waals surface area contributed by atoms with E-state index in [1.165, 1.54) is 5.56 Å². The number of aromatic nitrogens is 2. The van der Waals surface area contributed by atoms with Gasteiger partial charge in [0.25, 0.3) is 0 Å². The molecule has 6 heteroatoms. The van der Waals surface area contributed by atoms with Gasteiger partial charge in [-0.3, -0.25) is 4.99 Å². The predicted molar refractivity (Wildman–Crippen MR) is 106 cm³/mol. The van der Waals surface area contributed by atoms with Crippen LogP contribution in [0, 0.1) is 0 Å². The van der Waals surface area contributed by atoms with Gasteiger partial charge in [-0.05, 0) is 36.2 Å². The van der Waals surface area contributed by atoms with Gasteiger partial charge in [-0.1, -0.05) is 24.3 Å². The van der Waals surface area contributed by atoms with E-state index < -0.39 is 0 Å². The van der Waals surface area contributed by atoms with E-state index in [0.717, 1.165) is 41.5 Å². The maximum absolute atomic E-state index is 5.18. The average Bonchev–Trinajstić information content (AvgIpc) is 3.01. The molecule has 0 bridgehead atoms. The molecular weight excluding hydrogens is 326 g/mol. The number of methoxy groups -OCH3 is 1. The van der Waals surface area contributed by atoms with Crippen LogP contribution in [0.4, 0.5) is 0 Å². The predicted octanol–water partition coefficient (Wildman–Crippen LogP) is 2.49. The zero-order valence-corrected chi connectivity index (χ0v) is 15.5. The number of benzene rings is 2. The number of imidazole rings is 1. The molecule has 0 aliphatic rings. The minimum Gasteiger partial charge on any atom is -0.497 e. The van der Waals surface area contributed by atoms with Gasteiger partial charge in [0.15, 0.2) is 5.96 Å². The third kappa shape index (κ3) is 4.14. The van der Waals surface area contributed by atoms with Crippen LogP contribution in [-0.4, -0.2) is 36.2 Å². The molecular formula is C20H25N5O. The number of rotatable bonds is 6. The first-order chi connectivity index (χ1) is 12.7. The first-order valence-corrected chi connectivity index (χ1v) is 8.69. The van der Waals surface area contributed by atoms with Crippen LogP contribution in [0.2, 0.25) is 0 Å². The monoisotopic (exact) mass is 351 g/mol. The highest BCUT2D eigenvalue weighted by atomic mass is 16.5. The number of ether oxygens (including phenoxy) is 1. The van der Waals surface area contributed by atoms with Crippen molar-refractivity contribution in [1.29, 1.82) is 0 Å². The summed E-state index contributed by atoms with van der Waals surface area (Å²) >= 11 is 0. The fourth-order valence-electron chi connectivity index (χ4n) is 2.85. The van der Waals surface area contributed by atoms with Crippen LogP contribution < -0.4 is 15.4 Å². The first kappa shape index (κ1) is 17.8. The number of para-hydroxylation sites is 2. The summed E-state index contributed by atoms with van der Waals surface area (Å²) in [5.41, 5.74) is 3.39. The Morgan fingerprint density at radius 1 is 1.12 bits per heavy atom. The molecule has 3 aromatic rings. The fraction of sp³-hybridized carbons (Fsp3) is 0.300. The third-order valence-corrected chi connectivity index (χ3v) is 4.38. The molecule has 0 unspecified atom stereocenters. The normalized spacial score (nSPS) is 11.6. The van der Waals surface area contributed by atoms with Gasteiger partial charge in [-0.15, -0.1) is 0 Å². The van der Waals surface area contributed by atoms with Gasteiger partial charge >= 0.3 is 0 Å². The highest BCUT2D eigenvalue weighted by Crippen LogP contribution is 2.14. The molecule has 0 radical (unpaired) electrons. The molecule has 0 aliphatic heterocycles. The van der Waals surface area contributed by atoms with Gasteiger partial charge in [-0.25, -0.2) is 4.98 Å². The van der Waals surface area contributed by atoms with Crippen LogP contribution in [-0.2, 0) is 20.0 Å². The highest BCUT2D eigenvalue weighted by Gasteiger charge is 2.07. The molecule has 0 saturated carbocycles. The molecule has 136 valence electrons. The molecule has 2 N–H and O–H groups in total. The number of aliphatic imine (C=N–C) groups is 1. The summed E-state index contributed by atoms with van der Waals surface area (Å²) in [6.07, 6.45) is 0.914. The number of nitrogens with one attached hydrogen (secondary N) is 2. The van der Waals surface area contributed by atoms with Crippen molar-refractivity contribution in [3.05, 3.63) is 59.9 Å². The molecule has 0 saturated heterocycles. The summed E-state index contributed by atoms with van der Waals surface area (Å²) in [6, 6.07) is 16.3. The lowest BCUT2D eigenvalue weighted by atomic mass is 10.1. The molecule has 2 aromatic carbocycles. The fourth-order valence-corrected chi connectivity index (χ4v) is 2.85. The summed E-state index contributed by atoms with van der Waals surface area (Å²) in [5, 5.41) is 6.67. The van der Waals surface area contributed by atoms with Crippen molar-refractivity contribution in [2.75, 3.05) is 20.7 Å². The molecule has 0 amide bonds. The van der Waals surface area contributed by atoms with Gasteiger partial charge in [-0.2, -0.15) is 0 Å². The van der Waals surface area contributed by atoms with Crippen LogP contribution >= 0.6 is 0 Å². The Morgan fingerprint density at radius 2 is 1.88 bits per heavy atom. The summed E-state index contributed by atoms with van der Waals surface area (Å²) in [7, 11) is 5.49. The summed E-state index contributed by atoms with van der Waals surface area (Å²) < 4.78 is 7.29. The van der Waals surface area contributed by atoms with Gasteiger partial charge in [0.1, 0.15) is 11.6 Å². The lowest BCUT2D eigenvalue weighted by Gasteiger charge is -2.12. The van der Waals surface area contributed by atoms with Gasteiger partial charge in [0.05, 0.1) is 24.7 Å². The highest BCUT2D eigenvalue weighted by molar-refractivity contribution is 5.80. The molecule has 0 spiro atoms. The van der Waals surface area contributed by atoms with E-state index >= 15 is 0 Å². The zero-order valence-electron chi connectivity index (χ0n) is 15.5. The molecule has 1 aromatic heterocycles. The molecule has 3 rings (SSSR count). The van der Waals surface area contributed by atoms with Crippen molar-refractivity contribution in [1.82, 2.24) is 20.2 Å². The molecule has 26 heavy (non-hydrogen) atoms. The number of hydrogen-bond donors (Lipinski definition) is 2. The standard InChI is InChI=1S/C20H25N5O/c1-21-20(22-13-12-15-8-10-16(26-3)11-9-15)23-14-19-24-17-6-4-5-7-18(17)25(19)2/h4-11H,12-14H2,1-3H3,(H2,21,22,23). The Labute approximate surface area is 153 Å². The quantitative estimate of drug-likeness (QED) is 0.529. The number of aryl methyl sites for hydroxylation is 1. The van der Waals surface area contributed by atoms with Crippen LogP contribution in [0.25, 0.3) is 11.0 Å². The van der Waals surface area contributed by atoms with Crippen molar-refractivity contribution in [2.24, 2.45) is 12.0 Å². The van der Waals surface area contributed by atoms with E-state index in [0.29, 0.717) is 6.54 Å².